The molecule has 0 amide bonds. The number of hydrogen-bond acceptors (Lipinski definition) is 3. The number of alkyl halides is 2. The third-order valence-corrected chi connectivity index (χ3v) is 2.95. The number of carboxylic acids is 1. The fourth-order valence-corrected chi connectivity index (χ4v) is 1.81. The molecular weight excluding hydrogens is 306 g/mol. The molecule has 1 N–H and O–H groups in total. The molecular formula is C17H12F2O4. The number of ketones is 1. The Hall–Kier alpha value is -3.02. The number of hydrogen-bond donors (Lipinski definition) is 1. The van der Waals surface area contributed by atoms with Crippen molar-refractivity contribution in [3.8, 4) is 5.75 Å². The number of carboxylic acid groups (broad SMARTS) is 1. The highest BCUT2D eigenvalue weighted by Crippen LogP contribution is 2.16. The maximum atomic E-state index is 12.0. The van der Waals surface area contributed by atoms with Crippen LogP contribution < -0.4 is 4.74 Å². The molecule has 0 spiro atoms. The summed E-state index contributed by atoms with van der Waals surface area (Å²) in [6, 6.07) is 11.4. The van der Waals surface area contributed by atoms with Crippen LogP contribution in [0.2, 0.25) is 0 Å². The van der Waals surface area contributed by atoms with Gasteiger partial charge in [0.2, 0.25) is 0 Å². The summed E-state index contributed by atoms with van der Waals surface area (Å²) in [6.45, 7) is -2.91. The van der Waals surface area contributed by atoms with E-state index < -0.39 is 12.6 Å². The number of aromatic carboxylic acids is 1. The molecule has 23 heavy (non-hydrogen) atoms. The molecule has 0 aliphatic carbocycles. The summed E-state index contributed by atoms with van der Waals surface area (Å²) in [7, 11) is 0. The van der Waals surface area contributed by atoms with Crippen LogP contribution in [0.3, 0.4) is 0 Å². The lowest BCUT2D eigenvalue weighted by Crippen LogP contribution is -2.02. The lowest BCUT2D eigenvalue weighted by molar-refractivity contribution is -0.0498. The van der Waals surface area contributed by atoms with E-state index in [-0.39, 0.29) is 17.1 Å². The van der Waals surface area contributed by atoms with Gasteiger partial charge in [0.15, 0.2) is 5.78 Å². The van der Waals surface area contributed by atoms with Crippen molar-refractivity contribution in [2.75, 3.05) is 0 Å². The minimum atomic E-state index is -2.91. The van der Waals surface area contributed by atoms with Gasteiger partial charge in [-0.25, -0.2) is 4.79 Å². The lowest BCUT2D eigenvalue weighted by Gasteiger charge is -2.04. The molecule has 0 saturated carbocycles. The Morgan fingerprint density at radius 2 is 1.52 bits per heavy atom. The van der Waals surface area contributed by atoms with Crippen molar-refractivity contribution in [2.24, 2.45) is 0 Å². The van der Waals surface area contributed by atoms with Gasteiger partial charge in [-0.05, 0) is 48.0 Å². The molecule has 0 heterocycles. The number of carbonyl (C=O) groups is 2. The highest BCUT2D eigenvalue weighted by Gasteiger charge is 2.06. The van der Waals surface area contributed by atoms with Crippen molar-refractivity contribution in [3.05, 3.63) is 71.3 Å². The smallest absolute Gasteiger partial charge is 0.387 e. The maximum absolute atomic E-state index is 12.0. The quantitative estimate of drug-likeness (QED) is 0.648. The fraction of sp³-hybridized carbons (Fsp3) is 0.0588. The molecule has 0 unspecified atom stereocenters. The predicted octanol–water partition coefficient (Wildman–Crippen LogP) is 3.88. The molecule has 0 atom stereocenters. The van der Waals surface area contributed by atoms with Gasteiger partial charge in [0, 0.05) is 5.56 Å². The average Bonchev–Trinajstić information content (AvgIpc) is 2.53. The number of allylic oxidation sites excluding steroid dienone is 1. The van der Waals surface area contributed by atoms with E-state index in [1.54, 1.807) is 12.1 Å². The molecule has 2 rings (SSSR count). The fourth-order valence-electron chi connectivity index (χ4n) is 1.81. The minimum Gasteiger partial charge on any atom is -0.478 e. The van der Waals surface area contributed by atoms with E-state index >= 15 is 0 Å². The molecule has 0 saturated heterocycles. The zero-order valence-electron chi connectivity index (χ0n) is 11.8. The molecule has 2 aromatic carbocycles. The second-order valence-corrected chi connectivity index (χ2v) is 4.53. The largest absolute Gasteiger partial charge is 0.478 e. The van der Waals surface area contributed by atoms with Crippen molar-refractivity contribution in [3.63, 3.8) is 0 Å². The summed E-state index contributed by atoms with van der Waals surface area (Å²) in [6.07, 6.45) is 2.86. The Balaban J connectivity index is 2.04. The number of halogens is 2. The molecule has 4 nitrogen and oxygen atoms in total. The number of rotatable bonds is 6. The number of benzene rings is 2. The van der Waals surface area contributed by atoms with E-state index in [0.717, 1.165) is 0 Å². The Bertz CT molecular complexity index is 719. The van der Waals surface area contributed by atoms with Crippen LogP contribution in [0.15, 0.2) is 54.6 Å². The molecule has 118 valence electrons. The van der Waals surface area contributed by atoms with Gasteiger partial charge in [-0.3, -0.25) is 4.79 Å². The molecule has 0 aromatic heterocycles. The van der Waals surface area contributed by atoms with Gasteiger partial charge < -0.3 is 9.84 Å². The van der Waals surface area contributed by atoms with Crippen LogP contribution in [0.4, 0.5) is 8.78 Å². The van der Waals surface area contributed by atoms with Crippen LogP contribution in [0, 0.1) is 0 Å². The normalized spacial score (nSPS) is 10.9. The monoisotopic (exact) mass is 318 g/mol. The van der Waals surface area contributed by atoms with Gasteiger partial charge in [-0.1, -0.05) is 18.2 Å². The van der Waals surface area contributed by atoms with E-state index in [9.17, 15) is 18.4 Å². The third-order valence-electron chi connectivity index (χ3n) is 2.95. The zero-order valence-corrected chi connectivity index (χ0v) is 11.8. The second-order valence-electron chi connectivity index (χ2n) is 4.53. The molecule has 0 aliphatic rings. The summed E-state index contributed by atoms with van der Waals surface area (Å²) >= 11 is 0. The van der Waals surface area contributed by atoms with Crippen molar-refractivity contribution < 1.29 is 28.2 Å². The van der Waals surface area contributed by atoms with Crippen molar-refractivity contribution in [1.29, 1.82) is 0 Å². The van der Waals surface area contributed by atoms with Gasteiger partial charge in [0.05, 0.1) is 5.56 Å². The maximum Gasteiger partial charge on any atom is 0.387 e. The Morgan fingerprint density at radius 3 is 2.04 bits per heavy atom. The predicted molar refractivity (Wildman–Crippen MR) is 79.8 cm³/mol. The molecule has 0 aliphatic heterocycles. The summed E-state index contributed by atoms with van der Waals surface area (Å²) in [5.74, 6) is -1.36. The van der Waals surface area contributed by atoms with Crippen molar-refractivity contribution in [2.45, 2.75) is 6.61 Å². The Morgan fingerprint density at radius 1 is 0.957 bits per heavy atom. The lowest BCUT2D eigenvalue weighted by atomic mass is 10.1. The third kappa shape index (κ3) is 4.74. The zero-order chi connectivity index (χ0) is 16.8. The first-order valence-electron chi connectivity index (χ1n) is 6.56. The first-order chi connectivity index (χ1) is 11.0. The topological polar surface area (TPSA) is 63.6 Å². The summed E-state index contributed by atoms with van der Waals surface area (Å²) in [5.41, 5.74) is 1.15. The summed E-state index contributed by atoms with van der Waals surface area (Å²) in [5, 5.41) is 8.79. The minimum absolute atomic E-state index is 0.0233. The van der Waals surface area contributed by atoms with Crippen LogP contribution in [0.5, 0.6) is 5.75 Å². The van der Waals surface area contributed by atoms with E-state index in [0.29, 0.717) is 11.1 Å². The molecule has 0 radical (unpaired) electrons. The second kappa shape index (κ2) is 7.31. The average molecular weight is 318 g/mol. The van der Waals surface area contributed by atoms with Crippen molar-refractivity contribution >= 4 is 17.8 Å². The SMILES string of the molecule is O=C(O)c1ccc(/C=C/C(=O)c2ccc(OC(F)F)cc2)cc1. The van der Waals surface area contributed by atoms with Gasteiger partial charge >= 0.3 is 12.6 Å². The summed E-state index contributed by atoms with van der Waals surface area (Å²) in [4.78, 5) is 22.7. The van der Waals surface area contributed by atoms with Crippen LogP contribution in [0.25, 0.3) is 6.08 Å². The highest BCUT2D eigenvalue weighted by atomic mass is 19.3. The van der Waals surface area contributed by atoms with Crippen LogP contribution in [0.1, 0.15) is 26.3 Å². The molecule has 6 heteroatoms. The van der Waals surface area contributed by atoms with E-state index in [1.807, 2.05) is 0 Å². The van der Waals surface area contributed by atoms with Crippen LogP contribution >= 0.6 is 0 Å². The first-order valence-corrected chi connectivity index (χ1v) is 6.56. The van der Waals surface area contributed by atoms with Gasteiger partial charge in [-0.15, -0.1) is 0 Å². The molecule has 2 aromatic rings. The van der Waals surface area contributed by atoms with Gasteiger partial charge in [0.1, 0.15) is 5.75 Å². The van der Waals surface area contributed by atoms with Crippen LogP contribution in [-0.2, 0) is 0 Å². The van der Waals surface area contributed by atoms with Crippen molar-refractivity contribution in [1.82, 2.24) is 0 Å². The van der Waals surface area contributed by atoms with E-state index in [1.165, 1.54) is 48.6 Å². The standard InChI is InChI=1S/C17H12F2O4/c18-17(19)23-14-8-6-12(7-9-14)15(20)10-3-11-1-4-13(5-2-11)16(21)22/h1-10,17H,(H,21,22)/b10-3+. The first kappa shape index (κ1) is 16.4. The van der Waals surface area contributed by atoms with Gasteiger partial charge in [-0.2, -0.15) is 8.78 Å². The van der Waals surface area contributed by atoms with E-state index in [2.05, 4.69) is 4.74 Å². The van der Waals surface area contributed by atoms with Gasteiger partial charge in [0.25, 0.3) is 0 Å². The Labute approximate surface area is 130 Å². The molecule has 0 bridgehead atoms. The van der Waals surface area contributed by atoms with Crippen LogP contribution in [-0.4, -0.2) is 23.5 Å². The number of ether oxygens (including phenoxy) is 1. The molecule has 0 fully saturated rings. The number of carbonyl (C=O) groups excluding carboxylic acids is 1. The Kier molecular flexibility index (Phi) is 5.19. The summed E-state index contributed by atoms with van der Waals surface area (Å²) < 4.78 is 28.3. The highest BCUT2D eigenvalue weighted by molar-refractivity contribution is 6.06. The van der Waals surface area contributed by atoms with E-state index in [4.69, 9.17) is 5.11 Å².